The Labute approximate surface area is 226 Å². The maximum atomic E-state index is 4.44. The number of benzene rings is 3. The molecule has 2 aromatic heterocycles. The first-order valence-electron chi connectivity index (χ1n) is 11.7. The molecule has 36 heavy (non-hydrogen) atoms. The van der Waals surface area contributed by atoms with Crippen molar-refractivity contribution in [1.82, 2.24) is 29.9 Å². The largest absolute Gasteiger partial charge is 0.368 e. The predicted octanol–water partition coefficient (Wildman–Crippen LogP) is 6.45. The van der Waals surface area contributed by atoms with E-state index in [-0.39, 0.29) is 20.1 Å². The van der Waals surface area contributed by atoms with Gasteiger partial charge in [0.05, 0.1) is 5.82 Å². The molecule has 3 aromatic carbocycles. The third-order valence-corrected chi connectivity index (χ3v) is 5.42. The van der Waals surface area contributed by atoms with Gasteiger partial charge in [0.2, 0.25) is 5.82 Å². The summed E-state index contributed by atoms with van der Waals surface area (Å²) < 4.78 is 2.18. The molecule has 0 atom stereocenters. The van der Waals surface area contributed by atoms with Crippen LogP contribution in [0, 0.1) is 12.1 Å². The molecule has 7 heteroatoms. The van der Waals surface area contributed by atoms with E-state index in [9.17, 15) is 0 Å². The molecule has 2 heterocycles. The van der Waals surface area contributed by atoms with E-state index in [1.807, 2.05) is 73.1 Å². The standard InChI is InChI=1S/C15H19N2.C14H9N4.Ir/c1-11(2)13-6-5-7-14(10-13)15-16-8-9-17(15)12(3)4;1-3-7-11(8-4-1)13-15-17-14(18-16-13)12-9-5-2-6-10-12;/h5-6,8-12H,1-4H3;1-9H;/q2*-1;. The Morgan fingerprint density at radius 2 is 1.39 bits per heavy atom. The van der Waals surface area contributed by atoms with Crippen LogP contribution in [0.4, 0.5) is 0 Å². The zero-order chi connectivity index (χ0) is 24.6. The smallest absolute Gasteiger partial charge is 0.201 e. The molecule has 0 saturated heterocycles. The second-order valence-electron chi connectivity index (χ2n) is 8.63. The van der Waals surface area contributed by atoms with E-state index in [1.165, 1.54) is 5.56 Å². The van der Waals surface area contributed by atoms with Crippen LogP contribution in [0.15, 0.2) is 85.2 Å². The molecule has 0 amide bonds. The second kappa shape index (κ2) is 13.0. The predicted molar refractivity (Wildman–Crippen MR) is 138 cm³/mol. The Balaban J connectivity index is 0.000000196. The van der Waals surface area contributed by atoms with Gasteiger partial charge in [0.25, 0.3) is 0 Å². The van der Waals surface area contributed by atoms with Crippen LogP contribution in [0.1, 0.15) is 45.2 Å². The zero-order valence-electron chi connectivity index (χ0n) is 20.8. The minimum absolute atomic E-state index is 0. The van der Waals surface area contributed by atoms with E-state index in [2.05, 4.69) is 81.9 Å². The number of aromatic nitrogens is 6. The first-order chi connectivity index (χ1) is 17.0. The van der Waals surface area contributed by atoms with E-state index in [0.717, 1.165) is 22.5 Å². The van der Waals surface area contributed by atoms with Gasteiger partial charge in [-0.3, -0.25) is 4.98 Å². The molecular weight excluding hydrogens is 625 g/mol. The summed E-state index contributed by atoms with van der Waals surface area (Å²) in [4.78, 5) is 4.44. The van der Waals surface area contributed by atoms with Crippen molar-refractivity contribution in [3.8, 4) is 34.2 Å². The molecule has 6 nitrogen and oxygen atoms in total. The Morgan fingerprint density at radius 1 is 0.722 bits per heavy atom. The third-order valence-electron chi connectivity index (χ3n) is 5.42. The zero-order valence-corrected chi connectivity index (χ0v) is 23.1. The van der Waals surface area contributed by atoms with Gasteiger partial charge in [0.15, 0.2) is 0 Å². The molecule has 0 bridgehead atoms. The average Bonchev–Trinajstić information content (AvgIpc) is 3.41. The topological polar surface area (TPSA) is 69.4 Å². The SMILES string of the molecule is CC(C)c1cc[c-]c(-c2nccn2C(C)C)c1.[Ir].[c-]1ccccc1-c1nnc(-c2ccccc2)nn1. The molecule has 0 aliphatic heterocycles. The summed E-state index contributed by atoms with van der Waals surface area (Å²) >= 11 is 0. The molecule has 0 unspecified atom stereocenters. The van der Waals surface area contributed by atoms with Crippen molar-refractivity contribution in [2.24, 2.45) is 0 Å². The maximum absolute atomic E-state index is 4.44. The summed E-state index contributed by atoms with van der Waals surface area (Å²) in [7, 11) is 0. The first kappa shape index (κ1) is 27.1. The van der Waals surface area contributed by atoms with E-state index in [0.29, 0.717) is 23.6 Å². The molecule has 0 aliphatic rings. The molecule has 0 N–H and O–H groups in total. The van der Waals surface area contributed by atoms with Crippen molar-refractivity contribution >= 4 is 0 Å². The van der Waals surface area contributed by atoms with Gasteiger partial charge in [-0.1, -0.05) is 44.2 Å². The van der Waals surface area contributed by atoms with Crippen molar-refractivity contribution in [3.05, 3.63) is 103 Å². The summed E-state index contributed by atoms with van der Waals surface area (Å²) in [6, 6.07) is 30.2. The van der Waals surface area contributed by atoms with Gasteiger partial charge in [-0.2, -0.15) is 10.2 Å². The second-order valence-corrected chi connectivity index (χ2v) is 8.63. The number of hydrogen-bond donors (Lipinski definition) is 0. The summed E-state index contributed by atoms with van der Waals surface area (Å²) in [6.45, 7) is 8.73. The Bertz CT molecular complexity index is 1270. The van der Waals surface area contributed by atoms with Crippen LogP contribution < -0.4 is 0 Å². The summed E-state index contributed by atoms with van der Waals surface area (Å²) in [5, 5.41) is 16.3. The van der Waals surface area contributed by atoms with E-state index in [1.54, 1.807) is 0 Å². The molecule has 0 aliphatic carbocycles. The molecule has 185 valence electrons. The van der Waals surface area contributed by atoms with Crippen molar-refractivity contribution in [2.45, 2.75) is 39.7 Å². The maximum Gasteiger partial charge on any atom is 0.201 e. The van der Waals surface area contributed by atoms with Gasteiger partial charge in [-0.25, -0.2) is 0 Å². The number of nitrogens with zero attached hydrogens (tertiary/aromatic N) is 6. The van der Waals surface area contributed by atoms with E-state index >= 15 is 0 Å². The molecule has 1 radical (unpaired) electrons. The van der Waals surface area contributed by atoms with Crippen molar-refractivity contribution in [3.63, 3.8) is 0 Å². The monoisotopic (exact) mass is 653 g/mol. The Hall–Kier alpha value is -3.54. The molecule has 0 spiro atoms. The van der Waals surface area contributed by atoms with Crippen molar-refractivity contribution in [2.75, 3.05) is 0 Å². The molecule has 5 aromatic rings. The quantitative estimate of drug-likeness (QED) is 0.204. The van der Waals surface area contributed by atoms with Crippen LogP contribution in [0.5, 0.6) is 0 Å². The molecule has 0 saturated carbocycles. The van der Waals surface area contributed by atoms with Crippen LogP contribution in [-0.2, 0) is 20.1 Å². The van der Waals surface area contributed by atoms with Crippen LogP contribution in [0.2, 0.25) is 0 Å². The third kappa shape index (κ3) is 6.78. The molecular formula is C29H28IrN6-2. The summed E-state index contributed by atoms with van der Waals surface area (Å²) in [6.07, 6.45) is 3.88. The van der Waals surface area contributed by atoms with Gasteiger partial charge < -0.3 is 4.57 Å². The average molecular weight is 653 g/mol. The van der Waals surface area contributed by atoms with Crippen LogP contribution >= 0.6 is 0 Å². The van der Waals surface area contributed by atoms with Gasteiger partial charge in [0, 0.05) is 44.1 Å². The Morgan fingerprint density at radius 3 is 2.03 bits per heavy atom. The molecule has 0 fully saturated rings. The summed E-state index contributed by atoms with van der Waals surface area (Å²) in [5.74, 6) is 2.54. The minimum atomic E-state index is 0. The fourth-order valence-electron chi connectivity index (χ4n) is 3.48. The summed E-state index contributed by atoms with van der Waals surface area (Å²) in [5.41, 5.74) is 4.10. The first-order valence-corrected chi connectivity index (χ1v) is 11.7. The van der Waals surface area contributed by atoms with Gasteiger partial charge in [-0.15, -0.1) is 81.5 Å². The van der Waals surface area contributed by atoms with Gasteiger partial charge in [0.1, 0.15) is 5.82 Å². The number of imidazole rings is 1. The number of hydrogen-bond acceptors (Lipinski definition) is 5. The van der Waals surface area contributed by atoms with Gasteiger partial charge >= 0.3 is 0 Å². The van der Waals surface area contributed by atoms with Crippen LogP contribution in [0.25, 0.3) is 34.2 Å². The fraction of sp³-hybridized carbons (Fsp3) is 0.207. The fourth-order valence-corrected chi connectivity index (χ4v) is 3.48. The van der Waals surface area contributed by atoms with Gasteiger partial charge in [-0.05, 0) is 19.8 Å². The van der Waals surface area contributed by atoms with Crippen LogP contribution in [-0.4, -0.2) is 29.9 Å². The normalized spacial score (nSPS) is 10.5. The van der Waals surface area contributed by atoms with Crippen molar-refractivity contribution in [1.29, 1.82) is 0 Å². The van der Waals surface area contributed by atoms with E-state index in [4.69, 9.17) is 0 Å². The minimum Gasteiger partial charge on any atom is -0.368 e. The Kier molecular flexibility index (Phi) is 9.74. The van der Waals surface area contributed by atoms with Crippen LogP contribution in [0.3, 0.4) is 0 Å². The number of rotatable bonds is 5. The molecule has 5 rings (SSSR count). The van der Waals surface area contributed by atoms with Crippen molar-refractivity contribution < 1.29 is 20.1 Å². The van der Waals surface area contributed by atoms with E-state index < -0.39 is 0 Å².